The SMILES string of the molecule is CC(C)C1CN(Cc2ccc(S(C)(=O)=O)cc2)CCCN1CC1CC1. The highest BCUT2D eigenvalue weighted by Gasteiger charge is 2.32. The van der Waals surface area contributed by atoms with Gasteiger partial charge < -0.3 is 0 Å². The van der Waals surface area contributed by atoms with Crippen molar-refractivity contribution >= 4 is 9.84 Å². The van der Waals surface area contributed by atoms with Crippen molar-refractivity contribution in [1.29, 1.82) is 0 Å². The Balaban J connectivity index is 1.65. The molecule has 0 radical (unpaired) electrons. The summed E-state index contributed by atoms with van der Waals surface area (Å²) in [6, 6.07) is 8.03. The van der Waals surface area contributed by atoms with Crippen LogP contribution in [0.15, 0.2) is 29.2 Å². The van der Waals surface area contributed by atoms with Gasteiger partial charge in [0.15, 0.2) is 9.84 Å². The fourth-order valence-electron chi connectivity index (χ4n) is 3.87. The quantitative estimate of drug-likeness (QED) is 0.778. The molecule has 0 amide bonds. The summed E-state index contributed by atoms with van der Waals surface area (Å²) in [5.74, 6) is 1.60. The Labute approximate surface area is 153 Å². The van der Waals surface area contributed by atoms with E-state index in [9.17, 15) is 8.42 Å². The van der Waals surface area contributed by atoms with Crippen LogP contribution in [0.1, 0.15) is 38.7 Å². The van der Waals surface area contributed by atoms with Crippen molar-refractivity contribution in [3.8, 4) is 0 Å². The fourth-order valence-corrected chi connectivity index (χ4v) is 4.50. The first-order valence-electron chi connectivity index (χ1n) is 9.58. The molecule has 1 heterocycles. The Kier molecular flexibility index (Phi) is 5.86. The van der Waals surface area contributed by atoms with Crippen molar-refractivity contribution in [1.82, 2.24) is 9.80 Å². The molecule has 2 fully saturated rings. The molecule has 1 unspecified atom stereocenters. The first-order chi connectivity index (χ1) is 11.8. The smallest absolute Gasteiger partial charge is 0.175 e. The molecule has 0 bridgehead atoms. The van der Waals surface area contributed by atoms with Gasteiger partial charge in [0.1, 0.15) is 0 Å². The van der Waals surface area contributed by atoms with Crippen LogP contribution in [0.3, 0.4) is 0 Å². The second kappa shape index (κ2) is 7.77. The number of hydrogen-bond acceptors (Lipinski definition) is 4. The Morgan fingerprint density at radius 1 is 1.12 bits per heavy atom. The lowest BCUT2D eigenvalue weighted by molar-refractivity contribution is 0.132. The van der Waals surface area contributed by atoms with Crippen molar-refractivity contribution in [3.05, 3.63) is 29.8 Å². The van der Waals surface area contributed by atoms with Gasteiger partial charge in [0.05, 0.1) is 4.90 Å². The summed E-state index contributed by atoms with van der Waals surface area (Å²) in [7, 11) is -3.11. The van der Waals surface area contributed by atoms with Crippen LogP contribution in [0.4, 0.5) is 0 Å². The van der Waals surface area contributed by atoms with Crippen LogP contribution in [0.5, 0.6) is 0 Å². The van der Waals surface area contributed by atoms with E-state index in [1.165, 1.54) is 44.2 Å². The fraction of sp³-hybridized carbons (Fsp3) is 0.700. The first-order valence-corrected chi connectivity index (χ1v) is 11.5. The van der Waals surface area contributed by atoms with E-state index in [0.717, 1.165) is 25.6 Å². The summed E-state index contributed by atoms with van der Waals surface area (Å²) >= 11 is 0. The Morgan fingerprint density at radius 2 is 1.80 bits per heavy atom. The number of hydrogen-bond donors (Lipinski definition) is 0. The third-order valence-corrected chi connectivity index (χ3v) is 6.68. The molecule has 1 aromatic carbocycles. The highest BCUT2D eigenvalue weighted by atomic mass is 32.2. The average Bonchev–Trinajstić information content (AvgIpc) is 3.36. The van der Waals surface area contributed by atoms with Crippen molar-refractivity contribution in [2.24, 2.45) is 11.8 Å². The second-order valence-corrected chi connectivity index (χ2v) is 10.3. The minimum Gasteiger partial charge on any atom is -0.299 e. The maximum absolute atomic E-state index is 11.6. The van der Waals surface area contributed by atoms with Gasteiger partial charge in [-0.1, -0.05) is 26.0 Å². The van der Waals surface area contributed by atoms with Crippen molar-refractivity contribution in [2.75, 3.05) is 32.4 Å². The maximum Gasteiger partial charge on any atom is 0.175 e. The molecule has 1 saturated heterocycles. The van der Waals surface area contributed by atoms with Crippen molar-refractivity contribution in [2.45, 2.75) is 50.6 Å². The molecule has 1 aliphatic heterocycles. The third kappa shape index (κ3) is 5.28. The van der Waals surface area contributed by atoms with E-state index in [2.05, 4.69) is 23.6 Å². The Morgan fingerprint density at radius 3 is 2.36 bits per heavy atom. The van der Waals surface area contributed by atoms with E-state index in [1.54, 1.807) is 12.1 Å². The zero-order chi connectivity index (χ0) is 18.0. The predicted octanol–water partition coefficient (Wildman–Crippen LogP) is 3.03. The van der Waals surface area contributed by atoms with Gasteiger partial charge in [-0.25, -0.2) is 8.42 Å². The van der Waals surface area contributed by atoms with E-state index in [1.807, 2.05) is 12.1 Å². The highest BCUT2D eigenvalue weighted by Crippen LogP contribution is 2.32. The number of sulfone groups is 1. The van der Waals surface area contributed by atoms with Gasteiger partial charge in [-0.15, -0.1) is 0 Å². The molecule has 0 spiro atoms. The summed E-state index contributed by atoms with van der Waals surface area (Å²) in [5.41, 5.74) is 1.20. The molecule has 1 saturated carbocycles. The molecule has 1 aliphatic carbocycles. The zero-order valence-corrected chi connectivity index (χ0v) is 16.6. The van der Waals surface area contributed by atoms with Gasteiger partial charge in [-0.2, -0.15) is 0 Å². The van der Waals surface area contributed by atoms with Gasteiger partial charge in [0.2, 0.25) is 0 Å². The zero-order valence-electron chi connectivity index (χ0n) is 15.8. The lowest BCUT2D eigenvalue weighted by atomic mass is 10.0. The highest BCUT2D eigenvalue weighted by molar-refractivity contribution is 7.90. The molecule has 0 N–H and O–H groups in total. The maximum atomic E-state index is 11.6. The molecule has 25 heavy (non-hydrogen) atoms. The second-order valence-electron chi connectivity index (χ2n) is 8.25. The predicted molar refractivity (Wildman–Crippen MR) is 102 cm³/mol. The molecule has 1 atom stereocenters. The molecule has 5 heteroatoms. The Hall–Kier alpha value is -0.910. The average molecular weight is 365 g/mol. The van der Waals surface area contributed by atoms with Crippen LogP contribution in [0.2, 0.25) is 0 Å². The standard InChI is InChI=1S/C20H32N2O2S/c1-16(2)20-15-21(11-4-12-22(20)14-18-5-6-18)13-17-7-9-19(10-8-17)25(3,23)24/h7-10,16,18,20H,4-6,11-15H2,1-3H3. The van der Waals surface area contributed by atoms with Crippen LogP contribution >= 0.6 is 0 Å². The van der Waals surface area contributed by atoms with Crippen molar-refractivity contribution in [3.63, 3.8) is 0 Å². The van der Waals surface area contributed by atoms with E-state index in [0.29, 0.717) is 16.9 Å². The lowest BCUT2D eigenvalue weighted by Gasteiger charge is -2.34. The van der Waals surface area contributed by atoms with Crippen LogP contribution < -0.4 is 0 Å². The molecular formula is C20H32N2O2S. The van der Waals surface area contributed by atoms with Crippen molar-refractivity contribution < 1.29 is 8.42 Å². The van der Waals surface area contributed by atoms with Gasteiger partial charge in [-0.3, -0.25) is 9.80 Å². The normalized spacial score (nSPS) is 23.8. The topological polar surface area (TPSA) is 40.6 Å². The molecule has 1 aromatic rings. The van der Waals surface area contributed by atoms with Gasteiger partial charge in [0.25, 0.3) is 0 Å². The molecule has 3 rings (SSSR count). The van der Waals surface area contributed by atoms with Gasteiger partial charge >= 0.3 is 0 Å². The van der Waals surface area contributed by atoms with E-state index in [4.69, 9.17) is 0 Å². The number of rotatable bonds is 6. The van der Waals surface area contributed by atoms with Crippen LogP contribution in [-0.2, 0) is 16.4 Å². The third-order valence-electron chi connectivity index (χ3n) is 5.55. The number of benzene rings is 1. The van der Waals surface area contributed by atoms with Crippen LogP contribution in [-0.4, -0.2) is 56.7 Å². The largest absolute Gasteiger partial charge is 0.299 e. The van der Waals surface area contributed by atoms with Crippen LogP contribution in [0.25, 0.3) is 0 Å². The summed E-state index contributed by atoms with van der Waals surface area (Å²) in [5, 5.41) is 0. The number of nitrogens with zero attached hydrogens (tertiary/aromatic N) is 2. The monoisotopic (exact) mass is 364 g/mol. The van der Waals surface area contributed by atoms with E-state index >= 15 is 0 Å². The molecule has 0 aromatic heterocycles. The van der Waals surface area contributed by atoms with E-state index in [-0.39, 0.29) is 0 Å². The minimum absolute atomic E-state index is 0.405. The first kappa shape index (κ1) is 18.9. The van der Waals surface area contributed by atoms with Gasteiger partial charge in [0, 0.05) is 31.9 Å². The summed E-state index contributed by atoms with van der Waals surface area (Å²) in [6.45, 7) is 10.3. The molecule has 4 nitrogen and oxygen atoms in total. The lowest BCUT2D eigenvalue weighted by Crippen LogP contribution is -2.45. The molecular weight excluding hydrogens is 332 g/mol. The summed E-state index contributed by atoms with van der Waals surface area (Å²) in [4.78, 5) is 5.69. The summed E-state index contributed by atoms with van der Waals surface area (Å²) < 4.78 is 23.2. The summed E-state index contributed by atoms with van der Waals surface area (Å²) in [6.07, 6.45) is 5.31. The van der Waals surface area contributed by atoms with E-state index < -0.39 is 9.84 Å². The molecule has 140 valence electrons. The molecule has 2 aliphatic rings. The minimum atomic E-state index is -3.11. The van der Waals surface area contributed by atoms with Crippen LogP contribution in [0, 0.1) is 11.8 Å². The Bertz CT molecular complexity index is 665. The van der Waals surface area contributed by atoms with Gasteiger partial charge in [-0.05, 0) is 61.9 Å².